The van der Waals surface area contributed by atoms with Gasteiger partial charge in [0.05, 0.1) is 6.42 Å². The van der Waals surface area contributed by atoms with E-state index in [9.17, 15) is 4.79 Å². The van der Waals surface area contributed by atoms with Gasteiger partial charge >= 0.3 is 5.97 Å². The van der Waals surface area contributed by atoms with Crippen molar-refractivity contribution in [3.05, 3.63) is 30.1 Å². The summed E-state index contributed by atoms with van der Waals surface area (Å²) in [6, 6.07) is 3.99. The summed E-state index contributed by atoms with van der Waals surface area (Å²) >= 11 is 0. The Bertz CT molecular complexity index is 314. The summed E-state index contributed by atoms with van der Waals surface area (Å²) in [6.07, 6.45) is 5.87. The fraction of sp³-hybridized carbons (Fsp3) is 0.500. The summed E-state index contributed by atoms with van der Waals surface area (Å²) in [5.41, 5.74) is 1.23. The highest BCUT2D eigenvalue weighted by Gasteiger charge is 2.02. The van der Waals surface area contributed by atoms with Gasteiger partial charge in [0.15, 0.2) is 0 Å². The third-order valence-corrected chi connectivity index (χ3v) is 2.44. The number of carboxylic acids is 1. The Morgan fingerprint density at radius 2 is 2.31 bits per heavy atom. The molecule has 1 aromatic heterocycles. The van der Waals surface area contributed by atoms with Crippen LogP contribution in [-0.4, -0.2) is 41.1 Å². The van der Waals surface area contributed by atoms with E-state index in [-0.39, 0.29) is 6.42 Å². The number of aliphatic carboxylic acids is 1. The van der Waals surface area contributed by atoms with Gasteiger partial charge in [-0.3, -0.25) is 9.78 Å². The molecular formula is C12H18N2O2. The number of hydrogen-bond acceptors (Lipinski definition) is 3. The van der Waals surface area contributed by atoms with Gasteiger partial charge in [0.2, 0.25) is 0 Å². The quantitative estimate of drug-likeness (QED) is 0.758. The third kappa shape index (κ3) is 5.46. The molecule has 16 heavy (non-hydrogen) atoms. The Morgan fingerprint density at radius 3 is 2.94 bits per heavy atom. The molecule has 0 unspecified atom stereocenters. The smallest absolute Gasteiger partial charge is 0.304 e. The minimum absolute atomic E-state index is 0.212. The van der Waals surface area contributed by atoms with Crippen molar-refractivity contribution in [2.45, 2.75) is 19.3 Å². The van der Waals surface area contributed by atoms with E-state index in [2.05, 4.69) is 11.1 Å². The van der Waals surface area contributed by atoms with E-state index in [0.29, 0.717) is 6.54 Å². The highest BCUT2D eigenvalue weighted by Crippen LogP contribution is 2.01. The van der Waals surface area contributed by atoms with E-state index in [4.69, 9.17) is 5.11 Å². The van der Waals surface area contributed by atoms with Gasteiger partial charge in [0.25, 0.3) is 0 Å². The van der Waals surface area contributed by atoms with Crippen LogP contribution in [0.5, 0.6) is 0 Å². The van der Waals surface area contributed by atoms with Crippen molar-refractivity contribution >= 4 is 5.97 Å². The van der Waals surface area contributed by atoms with Crippen molar-refractivity contribution in [2.24, 2.45) is 0 Å². The fourth-order valence-electron chi connectivity index (χ4n) is 1.50. The average Bonchev–Trinajstić information content (AvgIpc) is 2.28. The normalized spacial score (nSPS) is 10.6. The van der Waals surface area contributed by atoms with E-state index in [1.54, 1.807) is 6.20 Å². The van der Waals surface area contributed by atoms with Crippen LogP contribution >= 0.6 is 0 Å². The first-order valence-electron chi connectivity index (χ1n) is 5.47. The largest absolute Gasteiger partial charge is 0.481 e. The summed E-state index contributed by atoms with van der Waals surface area (Å²) in [6.45, 7) is 1.53. The summed E-state index contributed by atoms with van der Waals surface area (Å²) in [4.78, 5) is 16.5. The molecule has 0 radical (unpaired) electrons. The number of aryl methyl sites for hydroxylation is 1. The molecule has 0 aliphatic heterocycles. The maximum Gasteiger partial charge on any atom is 0.304 e. The molecule has 0 spiro atoms. The number of pyridine rings is 1. The lowest BCUT2D eigenvalue weighted by Crippen LogP contribution is -2.23. The molecule has 0 fully saturated rings. The lowest BCUT2D eigenvalue weighted by molar-refractivity contribution is -0.137. The first-order valence-corrected chi connectivity index (χ1v) is 5.47. The van der Waals surface area contributed by atoms with Crippen LogP contribution in [0.3, 0.4) is 0 Å². The van der Waals surface area contributed by atoms with Gasteiger partial charge in [-0.05, 0) is 38.1 Å². The summed E-state index contributed by atoms with van der Waals surface area (Å²) in [5, 5.41) is 8.53. The maximum absolute atomic E-state index is 10.4. The lowest BCUT2D eigenvalue weighted by atomic mass is 10.1. The van der Waals surface area contributed by atoms with Gasteiger partial charge in [-0.25, -0.2) is 0 Å². The molecule has 1 N–H and O–H groups in total. The van der Waals surface area contributed by atoms with E-state index in [1.165, 1.54) is 5.56 Å². The molecule has 88 valence electrons. The zero-order valence-electron chi connectivity index (χ0n) is 9.59. The summed E-state index contributed by atoms with van der Waals surface area (Å²) in [5.74, 6) is -0.737. The number of carboxylic acid groups (broad SMARTS) is 1. The van der Waals surface area contributed by atoms with Crippen molar-refractivity contribution in [2.75, 3.05) is 20.1 Å². The highest BCUT2D eigenvalue weighted by atomic mass is 16.4. The third-order valence-electron chi connectivity index (χ3n) is 2.44. The van der Waals surface area contributed by atoms with Gasteiger partial charge in [-0.15, -0.1) is 0 Å². The molecule has 0 atom stereocenters. The van der Waals surface area contributed by atoms with E-state index < -0.39 is 5.97 Å². The van der Waals surface area contributed by atoms with Gasteiger partial charge in [-0.1, -0.05) is 6.07 Å². The van der Waals surface area contributed by atoms with E-state index >= 15 is 0 Å². The van der Waals surface area contributed by atoms with Crippen molar-refractivity contribution in [1.29, 1.82) is 0 Å². The van der Waals surface area contributed by atoms with E-state index in [0.717, 1.165) is 19.4 Å². The van der Waals surface area contributed by atoms with Crippen LogP contribution in [0.25, 0.3) is 0 Å². The van der Waals surface area contributed by atoms with Crippen LogP contribution in [0.15, 0.2) is 24.5 Å². The standard InChI is InChI=1S/C12H18N2O2/c1-14(9-6-12(15)16)8-3-5-11-4-2-7-13-10-11/h2,4,7,10H,3,5-6,8-9H2,1H3,(H,15,16). The second-order valence-electron chi connectivity index (χ2n) is 3.91. The second kappa shape index (κ2) is 6.95. The van der Waals surface area contributed by atoms with Crippen molar-refractivity contribution in [1.82, 2.24) is 9.88 Å². The van der Waals surface area contributed by atoms with Gasteiger partial charge in [-0.2, -0.15) is 0 Å². The molecule has 1 aromatic rings. The average molecular weight is 222 g/mol. The van der Waals surface area contributed by atoms with Crippen LogP contribution in [-0.2, 0) is 11.2 Å². The fourth-order valence-corrected chi connectivity index (χ4v) is 1.50. The summed E-state index contributed by atoms with van der Waals surface area (Å²) in [7, 11) is 1.95. The molecule has 1 heterocycles. The Labute approximate surface area is 95.9 Å². The van der Waals surface area contributed by atoms with Crippen molar-refractivity contribution in [3.63, 3.8) is 0 Å². The monoisotopic (exact) mass is 222 g/mol. The van der Waals surface area contributed by atoms with Crippen LogP contribution in [0, 0.1) is 0 Å². The van der Waals surface area contributed by atoms with Crippen LogP contribution < -0.4 is 0 Å². The number of hydrogen-bond donors (Lipinski definition) is 1. The predicted molar refractivity (Wildman–Crippen MR) is 62.3 cm³/mol. The molecule has 0 saturated carbocycles. The van der Waals surface area contributed by atoms with Crippen LogP contribution in [0.1, 0.15) is 18.4 Å². The molecular weight excluding hydrogens is 204 g/mol. The molecule has 1 rings (SSSR count). The molecule has 0 saturated heterocycles. The van der Waals surface area contributed by atoms with Gasteiger partial charge < -0.3 is 10.0 Å². The Hall–Kier alpha value is -1.42. The lowest BCUT2D eigenvalue weighted by Gasteiger charge is -2.14. The van der Waals surface area contributed by atoms with Crippen molar-refractivity contribution in [3.8, 4) is 0 Å². The maximum atomic E-state index is 10.4. The van der Waals surface area contributed by atoms with Crippen molar-refractivity contribution < 1.29 is 9.90 Å². The minimum atomic E-state index is -0.737. The Kier molecular flexibility index (Phi) is 5.50. The zero-order valence-corrected chi connectivity index (χ0v) is 9.59. The van der Waals surface area contributed by atoms with Gasteiger partial charge in [0, 0.05) is 18.9 Å². The van der Waals surface area contributed by atoms with E-state index in [1.807, 2.05) is 24.2 Å². The number of carbonyl (C=O) groups is 1. The molecule has 0 aromatic carbocycles. The molecule has 0 bridgehead atoms. The predicted octanol–water partition coefficient (Wildman–Crippen LogP) is 1.42. The first kappa shape index (κ1) is 12.6. The Morgan fingerprint density at radius 1 is 1.50 bits per heavy atom. The molecule has 0 aliphatic rings. The topological polar surface area (TPSA) is 53.4 Å². The second-order valence-corrected chi connectivity index (χ2v) is 3.91. The first-order chi connectivity index (χ1) is 7.68. The SMILES string of the molecule is CN(CCCc1cccnc1)CCC(=O)O. The van der Waals surface area contributed by atoms with Crippen LogP contribution in [0.4, 0.5) is 0 Å². The molecule has 4 heteroatoms. The molecule has 0 aliphatic carbocycles. The summed E-state index contributed by atoms with van der Waals surface area (Å²) < 4.78 is 0. The van der Waals surface area contributed by atoms with Gasteiger partial charge in [0.1, 0.15) is 0 Å². The molecule has 0 amide bonds. The number of aromatic nitrogens is 1. The zero-order chi connectivity index (χ0) is 11.8. The number of rotatable bonds is 7. The van der Waals surface area contributed by atoms with Crippen LogP contribution in [0.2, 0.25) is 0 Å². The molecule has 4 nitrogen and oxygen atoms in total. The number of nitrogens with zero attached hydrogens (tertiary/aromatic N) is 2. The minimum Gasteiger partial charge on any atom is -0.481 e. The Balaban J connectivity index is 2.13. The highest BCUT2D eigenvalue weighted by molar-refractivity contribution is 5.66.